The van der Waals surface area contributed by atoms with Crippen LogP contribution in [0.3, 0.4) is 0 Å². The summed E-state index contributed by atoms with van der Waals surface area (Å²) < 4.78 is 11.1. The number of benzene rings is 2. The first-order valence-electron chi connectivity index (χ1n) is 7.08. The van der Waals surface area contributed by atoms with Crippen molar-refractivity contribution < 1.29 is 19.4 Å². The Hall–Kier alpha value is -1.91. The number of hydrogen-bond acceptors (Lipinski definition) is 3. The lowest BCUT2D eigenvalue weighted by Crippen LogP contribution is -2.05. The number of aromatic carboxylic acids is 1. The van der Waals surface area contributed by atoms with E-state index in [4.69, 9.17) is 37.8 Å². The number of rotatable bonds is 7. The van der Waals surface area contributed by atoms with Crippen LogP contribution in [0.15, 0.2) is 36.4 Å². The highest BCUT2D eigenvalue weighted by molar-refractivity contribution is 6.35. The molecule has 1 N–H and O–H groups in total. The first-order valence-corrected chi connectivity index (χ1v) is 7.83. The third kappa shape index (κ3) is 4.78. The second-order valence-electron chi connectivity index (χ2n) is 4.73. The molecule has 2 aromatic carbocycles. The maximum absolute atomic E-state index is 11.1. The van der Waals surface area contributed by atoms with Crippen molar-refractivity contribution in [1.29, 1.82) is 0 Å². The van der Waals surface area contributed by atoms with Gasteiger partial charge in [-0.15, -0.1) is 0 Å². The van der Waals surface area contributed by atoms with Crippen LogP contribution >= 0.6 is 23.2 Å². The first-order chi connectivity index (χ1) is 11.0. The monoisotopic (exact) mass is 354 g/mol. The average Bonchev–Trinajstić information content (AvgIpc) is 2.51. The van der Waals surface area contributed by atoms with Gasteiger partial charge in [0.25, 0.3) is 0 Å². The van der Waals surface area contributed by atoms with Crippen LogP contribution in [0.5, 0.6) is 11.5 Å². The quantitative estimate of drug-likeness (QED) is 0.781. The summed E-state index contributed by atoms with van der Waals surface area (Å²) in [5.41, 5.74) is 1.05. The lowest BCUT2D eigenvalue weighted by molar-refractivity contribution is 0.0696. The van der Waals surface area contributed by atoms with E-state index < -0.39 is 5.97 Å². The van der Waals surface area contributed by atoms with Crippen LogP contribution in [-0.4, -0.2) is 24.3 Å². The van der Waals surface area contributed by atoms with Crippen LogP contribution in [0, 0.1) is 0 Å². The molecule has 0 amide bonds. The number of ether oxygens (including phenoxy) is 2. The van der Waals surface area contributed by atoms with Gasteiger partial charge in [0.2, 0.25) is 0 Å². The van der Waals surface area contributed by atoms with Crippen LogP contribution in [-0.2, 0) is 6.42 Å². The van der Waals surface area contributed by atoms with E-state index in [1.54, 1.807) is 18.2 Å². The molecule has 0 aromatic heterocycles. The summed E-state index contributed by atoms with van der Waals surface area (Å²) in [6.45, 7) is 2.65. The fourth-order valence-electron chi connectivity index (χ4n) is 2.02. The molecule has 0 radical (unpaired) electrons. The molecule has 0 aliphatic rings. The van der Waals surface area contributed by atoms with Gasteiger partial charge >= 0.3 is 5.97 Å². The van der Waals surface area contributed by atoms with Crippen LogP contribution in [0.25, 0.3) is 0 Å². The number of hydrogen-bond donors (Lipinski definition) is 1. The molecule has 0 saturated carbocycles. The summed E-state index contributed by atoms with van der Waals surface area (Å²) in [5, 5.41) is 10.2. The van der Waals surface area contributed by atoms with Crippen LogP contribution in [0.2, 0.25) is 10.0 Å². The summed E-state index contributed by atoms with van der Waals surface area (Å²) in [4.78, 5) is 11.1. The van der Waals surface area contributed by atoms with Crippen molar-refractivity contribution in [2.75, 3.05) is 13.2 Å². The molecule has 0 heterocycles. The van der Waals surface area contributed by atoms with Crippen molar-refractivity contribution in [3.8, 4) is 11.5 Å². The molecule has 4 nitrogen and oxygen atoms in total. The smallest absolute Gasteiger partial charge is 0.335 e. The van der Waals surface area contributed by atoms with Crippen LogP contribution in [0.4, 0.5) is 0 Å². The fourth-order valence-corrected chi connectivity index (χ4v) is 2.53. The van der Waals surface area contributed by atoms with Crippen molar-refractivity contribution >= 4 is 29.2 Å². The van der Waals surface area contributed by atoms with E-state index in [1.165, 1.54) is 12.1 Å². The molecule has 23 heavy (non-hydrogen) atoms. The van der Waals surface area contributed by atoms with Crippen LogP contribution in [0.1, 0.15) is 22.8 Å². The number of carbonyl (C=O) groups is 1. The van der Waals surface area contributed by atoms with Crippen LogP contribution < -0.4 is 9.47 Å². The van der Waals surface area contributed by atoms with Gasteiger partial charge in [0.1, 0.15) is 0 Å². The van der Waals surface area contributed by atoms with Gasteiger partial charge in [0.15, 0.2) is 11.5 Å². The normalized spacial score (nSPS) is 10.4. The van der Waals surface area contributed by atoms with Gasteiger partial charge in [-0.2, -0.15) is 0 Å². The highest BCUT2D eigenvalue weighted by Crippen LogP contribution is 2.29. The van der Waals surface area contributed by atoms with E-state index in [9.17, 15) is 4.79 Å². The molecule has 2 rings (SSSR count). The molecule has 0 aliphatic heterocycles. The zero-order valence-electron chi connectivity index (χ0n) is 12.5. The molecule has 0 unspecified atom stereocenters. The highest BCUT2D eigenvalue weighted by Gasteiger charge is 2.11. The van der Waals surface area contributed by atoms with Crippen molar-refractivity contribution in [3.05, 3.63) is 57.6 Å². The van der Waals surface area contributed by atoms with Gasteiger partial charge in [-0.1, -0.05) is 29.3 Å². The Morgan fingerprint density at radius 2 is 1.87 bits per heavy atom. The Kier molecular flexibility index (Phi) is 6.13. The average molecular weight is 355 g/mol. The zero-order valence-corrected chi connectivity index (χ0v) is 14.0. The van der Waals surface area contributed by atoms with Crippen molar-refractivity contribution in [2.24, 2.45) is 0 Å². The summed E-state index contributed by atoms with van der Waals surface area (Å²) >= 11 is 12.0. The molecule has 0 spiro atoms. The maximum atomic E-state index is 11.1. The van der Waals surface area contributed by atoms with Gasteiger partial charge < -0.3 is 14.6 Å². The molecule has 0 aliphatic carbocycles. The largest absolute Gasteiger partial charge is 0.490 e. The zero-order chi connectivity index (χ0) is 16.8. The molecular formula is C17H16Cl2O4. The Balaban J connectivity index is 2.09. The predicted octanol–water partition coefficient (Wildman–Crippen LogP) is 4.71. The number of carboxylic acid groups (broad SMARTS) is 1. The molecule has 2 aromatic rings. The maximum Gasteiger partial charge on any atom is 0.335 e. The highest BCUT2D eigenvalue weighted by atomic mass is 35.5. The molecule has 0 saturated heterocycles. The molecule has 0 atom stereocenters. The third-order valence-corrected chi connectivity index (χ3v) is 3.72. The number of halogens is 2. The Bertz CT molecular complexity index is 701. The molecule has 0 bridgehead atoms. The topological polar surface area (TPSA) is 55.8 Å². The Morgan fingerprint density at radius 3 is 2.52 bits per heavy atom. The van der Waals surface area contributed by atoms with Crippen molar-refractivity contribution in [3.63, 3.8) is 0 Å². The minimum Gasteiger partial charge on any atom is -0.490 e. The SMILES string of the molecule is CCOc1ccc(C(=O)O)cc1OCCc1ccc(Cl)cc1Cl. The molecule has 6 heteroatoms. The van der Waals surface area contributed by atoms with E-state index in [0.717, 1.165) is 5.56 Å². The van der Waals surface area contributed by atoms with Gasteiger partial charge in [-0.05, 0) is 42.8 Å². The summed E-state index contributed by atoms with van der Waals surface area (Å²) in [7, 11) is 0. The van der Waals surface area contributed by atoms with E-state index in [0.29, 0.717) is 41.2 Å². The fraction of sp³-hybridized carbons (Fsp3) is 0.235. The standard InChI is InChI=1S/C17H16Cl2O4/c1-2-22-15-6-4-12(17(20)21)9-16(15)23-8-7-11-3-5-13(18)10-14(11)19/h3-6,9-10H,2,7-8H2,1H3,(H,20,21). The van der Waals surface area contributed by atoms with E-state index in [-0.39, 0.29) is 5.56 Å². The minimum atomic E-state index is -1.02. The molecule has 0 fully saturated rings. The van der Waals surface area contributed by atoms with E-state index >= 15 is 0 Å². The Morgan fingerprint density at radius 1 is 1.09 bits per heavy atom. The second-order valence-corrected chi connectivity index (χ2v) is 5.58. The summed E-state index contributed by atoms with van der Waals surface area (Å²) in [6.07, 6.45) is 0.568. The van der Waals surface area contributed by atoms with Crippen molar-refractivity contribution in [1.82, 2.24) is 0 Å². The van der Waals surface area contributed by atoms with Gasteiger partial charge in [-0.3, -0.25) is 0 Å². The lowest BCUT2D eigenvalue weighted by atomic mass is 10.1. The summed E-state index contributed by atoms with van der Waals surface area (Å²) in [6, 6.07) is 9.81. The minimum absolute atomic E-state index is 0.146. The molecular weight excluding hydrogens is 339 g/mol. The second kappa shape index (κ2) is 8.09. The lowest BCUT2D eigenvalue weighted by Gasteiger charge is -2.13. The first kappa shape index (κ1) is 17.4. The Labute approximate surface area is 144 Å². The van der Waals surface area contributed by atoms with E-state index in [1.807, 2.05) is 13.0 Å². The van der Waals surface area contributed by atoms with Gasteiger partial charge in [-0.25, -0.2) is 4.79 Å². The molecule has 122 valence electrons. The summed E-state index contributed by atoms with van der Waals surface area (Å²) in [5.74, 6) is -0.102. The predicted molar refractivity (Wildman–Crippen MR) is 90.2 cm³/mol. The van der Waals surface area contributed by atoms with Gasteiger partial charge in [0.05, 0.1) is 18.8 Å². The number of carboxylic acids is 1. The third-order valence-electron chi connectivity index (χ3n) is 3.13. The van der Waals surface area contributed by atoms with Gasteiger partial charge in [0, 0.05) is 16.5 Å². The van der Waals surface area contributed by atoms with Crippen molar-refractivity contribution in [2.45, 2.75) is 13.3 Å². The van der Waals surface area contributed by atoms with E-state index in [2.05, 4.69) is 0 Å².